The lowest BCUT2D eigenvalue weighted by atomic mass is 10.1. The maximum Gasteiger partial charge on any atom is 0.254 e. The van der Waals surface area contributed by atoms with Crippen molar-refractivity contribution >= 4 is 29.1 Å². The Balaban J connectivity index is 1.86. The molecule has 0 aliphatic heterocycles. The van der Waals surface area contributed by atoms with E-state index in [4.69, 9.17) is 27.9 Å². The second kappa shape index (κ2) is 9.77. The lowest BCUT2D eigenvalue weighted by Gasteiger charge is -2.24. The summed E-state index contributed by atoms with van der Waals surface area (Å²) in [6, 6.07) is 18.6. The summed E-state index contributed by atoms with van der Waals surface area (Å²) in [5, 5.41) is 1.09. The van der Waals surface area contributed by atoms with E-state index in [9.17, 15) is 9.18 Å². The third-order valence-electron chi connectivity index (χ3n) is 4.59. The van der Waals surface area contributed by atoms with Gasteiger partial charge in [0.25, 0.3) is 5.91 Å². The van der Waals surface area contributed by atoms with Crippen molar-refractivity contribution in [1.29, 1.82) is 0 Å². The fraction of sp³-hybridized carbons (Fsp3) is 0.174. The van der Waals surface area contributed by atoms with E-state index < -0.39 is 0 Å². The molecule has 0 aliphatic rings. The lowest BCUT2D eigenvalue weighted by molar-refractivity contribution is 0.0743. The van der Waals surface area contributed by atoms with Crippen molar-refractivity contribution in [2.75, 3.05) is 13.7 Å². The molecule has 0 atom stereocenters. The number of hydrogen-bond donors (Lipinski definition) is 0. The second-order valence-corrected chi connectivity index (χ2v) is 7.38. The maximum atomic E-state index is 14.2. The molecule has 3 aromatic rings. The van der Waals surface area contributed by atoms with Crippen molar-refractivity contribution in [2.45, 2.75) is 13.0 Å². The molecule has 0 fully saturated rings. The molecule has 0 spiro atoms. The number of carbonyl (C=O) groups is 1. The topological polar surface area (TPSA) is 29.5 Å². The third-order valence-corrected chi connectivity index (χ3v) is 5.18. The minimum absolute atomic E-state index is 0.147. The van der Waals surface area contributed by atoms with Crippen LogP contribution in [0.1, 0.15) is 21.5 Å². The number of nitrogens with zero attached hydrogens (tertiary/aromatic N) is 1. The number of rotatable bonds is 7. The summed E-state index contributed by atoms with van der Waals surface area (Å²) in [6.45, 7) is 0.514. The van der Waals surface area contributed by atoms with Crippen LogP contribution in [0.5, 0.6) is 5.75 Å². The van der Waals surface area contributed by atoms with Crippen LogP contribution in [0, 0.1) is 5.82 Å². The first kappa shape index (κ1) is 21.2. The molecule has 0 N–H and O–H groups in total. The van der Waals surface area contributed by atoms with Gasteiger partial charge in [0.2, 0.25) is 0 Å². The van der Waals surface area contributed by atoms with Crippen molar-refractivity contribution in [2.24, 2.45) is 0 Å². The largest absolute Gasteiger partial charge is 0.497 e. The van der Waals surface area contributed by atoms with Gasteiger partial charge >= 0.3 is 0 Å². The first-order valence-corrected chi connectivity index (χ1v) is 9.84. The number of methoxy groups -OCH3 is 1. The molecule has 3 nitrogen and oxygen atoms in total. The highest BCUT2D eigenvalue weighted by Crippen LogP contribution is 2.23. The van der Waals surface area contributed by atoms with Gasteiger partial charge in [-0.15, -0.1) is 0 Å². The molecule has 0 unspecified atom stereocenters. The van der Waals surface area contributed by atoms with Crippen LogP contribution in [0.15, 0.2) is 66.7 Å². The summed E-state index contributed by atoms with van der Waals surface area (Å²) in [5.41, 5.74) is 1.79. The minimum Gasteiger partial charge on any atom is -0.497 e. The molecule has 0 saturated carbocycles. The van der Waals surface area contributed by atoms with E-state index in [-0.39, 0.29) is 18.3 Å². The summed E-state index contributed by atoms with van der Waals surface area (Å²) < 4.78 is 19.4. The Bertz CT molecular complexity index is 1010. The number of ether oxygens (including phenoxy) is 1. The van der Waals surface area contributed by atoms with Crippen LogP contribution in [0.25, 0.3) is 0 Å². The average molecular weight is 432 g/mol. The zero-order valence-corrected chi connectivity index (χ0v) is 17.4. The predicted octanol–water partition coefficient (Wildman–Crippen LogP) is 6.03. The summed E-state index contributed by atoms with van der Waals surface area (Å²) in [4.78, 5) is 14.8. The summed E-state index contributed by atoms with van der Waals surface area (Å²) >= 11 is 12.2. The van der Waals surface area contributed by atoms with Crippen LogP contribution in [0.4, 0.5) is 4.39 Å². The summed E-state index contributed by atoms with van der Waals surface area (Å²) in [5.74, 6) is 0.0279. The highest BCUT2D eigenvalue weighted by Gasteiger charge is 2.19. The molecule has 3 aromatic carbocycles. The molecule has 29 heavy (non-hydrogen) atoms. The zero-order valence-electron chi connectivity index (χ0n) is 15.9. The standard InChI is InChI=1S/C23H20Cl2FNO2/c1-29-20-7-4-6-17(13-20)23(28)27(15-18-5-2-3-8-22(18)26)12-11-16-9-10-19(24)14-21(16)25/h2-10,13-14H,11-12,15H2,1H3. The smallest absolute Gasteiger partial charge is 0.254 e. The van der Waals surface area contributed by atoms with E-state index in [0.29, 0.717) is 39.9 Å². The highest BCUT2D eigenvalue weighted by atomic mass is 35.5. The van der Waals surface area contributed by atoms with Gasteiger partial charge in [-0.25, -0.2) is 4.39 Å². The van der Waals surface area contributed by atoms with E-state index in [1.54, 1.807) is 66.6 Å². The van der Waals surface area contributed by atoms with Gasteiger partial charge in [0, 0.05) is 34.3 Å². The number of amides is 1. The van der Waals surface area contributed by atoms with E-state index in [1.165, 1.54) is 6.07 Å². The molecule has 6 heteroatoms. The van der Waals surface area contributed by atoms with E-state index in [2.05, 4.69) is 0 Å². The fourth-order valence-corrected chi connectivity index (χ4v) is 3.51. The predicted molar refractivity (Wildman–Crippen MR) is 114 cm³/mol. The molecule has 0 aromatic heterocycles. The Hall–Kier alpha value is -2.56. The Morgan fingerprint density at radius 1 is 1.00 bits per heavy atom. The molecule has 0 heterocycles. The number of halogens is 3. The van der Waals surface area contributed by atoms with Gasteiger partial charge in [0.1, 0.15) is 11.6 Å². The first-order chi connectivity index (χ1) is 14.0. The number of benzene rings is 3. The summed E-state index contributed by atoms with van der Waals surface area (Å²) in [6.07, 6.45) is 0.514. The number of carbonyl (C=O) groups excluding carboxylic acids is 1. The van der Waals surface area contributed by atoms with Crippen LogP contribution >= 0.6 is 23.2 Å². The van der Waals surface area contributed by atoms with Gasteiger partial charge in [0.15, 0.2) is 0 Å². The molecule has 3 rings (SSSR count). The quantitative estimate of drug-likeness (QED) is 0.457. The van der Waals surface area contributed by atoms with E-state index in [0.717, 1.165) is 5.56 Å². The van der Waals surface area contributed by atoms with Gasteiger partial charge in [-0.1, -0.05) is 53.5 Å². The van der Waals surface area contributed by atoms with Crippen LogP contribution < -0.4 is 4.74 Å². The molecule has 150 valence electrons. The van der Waals surface area contributed by atoms with Gasteiger partial charge in [-0.05, 0) is 48.4 Å². The van der Waals surface area contributed by atoms with Gasteiger partial charge in [-0.2, -0.15) is 0 Å². The summed E-state index contributed by atoms with van der Waals surface area (Å²) in [7, 11) is 1.54. The van der Waals surface area contributed by atoms with Gasteiger partial charge in [0.05, 0.1) is 7.11 Å². The van der Waals surface area contributed by atoms with Crippen molar-refractivity contribution in [3.8, 4) is 5.75 Å². The second-order valence-electron chi connectivity index (χ2n) is 6.54. The molecule has 0 bridgehead atoms. The van der Waals surface area contributed by atoms with Crippen LogP contribution in [0.2, 0.25) is 10.0 Å². The van der Waals surface area contributed by atoms with E-state index in [1.807, 2.05) is 6.07 Å². The molecule has 0 aliphatic carbocycles. The highest BCUT2D eigenvalue weighted by molar-refractivity contribution is 6.35. The van der Waals surface area contributed by atoms with Crippen molar-refractivity contribution in [3.05, 3.63) is 99.3 Å². The SMILES string of the molecule is COc1cccc(C(=O)N(CCc2ccc(Cl)cc2Cl)Cc2ccccc2F)c1. The molecular weight excluding hydrogens is 412 g/mol. The third kappa shape index (κ3) is 5.49. The molecule has 1 amide bonds. The minimum atomic E-state index is -0.347. The average Bonchev–Trinajstić information content (AvgIpc) is 2.73. The van der Waals surface area contributed by atoms with Gasteiger partial charge in [-0.3, -0.25) is 4.79 Å². The first-order valence-electron chi connectivity index (χ1n) is 9.08. The molecule has 0 radical (unpaired) electrons. The Morgan fingerprint density at radius 2 is 1.79 bits per heavy atom. The van der Waals surface area contributed by atoms with Crippen molar-refractivity contribution in [1.82, 2.24) is 4.90 Å². The van der Waals surface area contributed by atoms with Crippen LogP contribution in [0.3, 0.4) is 0 Å². The Labute approximate surface area is 179 Å². The Morgan fingerprint density at radius 3 is 2.52 bits per heavy atom. The molecular formula is C23H20Cl2FNO2. The normalized spacial score (nSPS) is 10.6. The maximum absolute atomic E-state index is 14.2. The van der Waals surface area contributed by atoms with Crippen molar-refractivity contribution < 1.29 is 13.9 Å². The Kier molecular flexibility index (Phi) is 7.13. The monoisotopic (exact) mass is 431 g/mol. The molecule has 0 saturated heterocycles. The lowest BCUT2D eigenvalue weighted by Crippen LogP contribution is -2.33. The number of hydrogen-bond acceptors (Lipinski definition) is 2. The van der Waals surface area contributed by atoms with Crippen LogP contribution in [-0.4, -0.2) is 24.5 Å². The fourth-order valence-electron chi connectivity index (χ4n) is 3.00. The zero-order chi connectivity index (χ0) is 20.8. The van der Waals surface area contributed by atoms with E-state index >= 15 is 0 Å². The van der Waals surface area contributed by atoms with Crippen LogP contribution in [-0.2, 0) is 13.0 Å². The van der Waals surface area contributed by atoms with Crippen molar-refractivity contribution in [3.63, 3.8) is 0 Å². The van der Waals surface area contributed by atoms with Gasteiger partial charge < -0.3 is 9.64 Å².